The number of fused-ring (bicyclic) bond motifs is 1. The van der Waals surface area contributed by atoms with Crippen LogP contribution in [0.15, 0.2) is 36.5 Å². The second kappa shape index (κ2) is 7.19. The fourth-order valence-electron chi connectivity index (χ4n) is 4.16. The minimum Gasteiger partial charge on any atom is -0.493 e. The van der Waals surface area contributed by atoms with Gasteiger partial charge >= 0.3 is 0 Å². The molecule has 1 spiro atoms. The molecule has 152 valence electrons. The van der Waals surface area contributed by atoms with Gasteiger partial charge in [0.15, 0.2) is 17.3 Å². The molecule has 1 unspecified atom stereocenters. The molecule has 0 aliphatic carbocycles. The van der Waals surface area contributed by atoms with Crippen molar-refractivity contribution in [3.05, 3.63) is 59.0 Å². The lowest BCUT2D eigenvalue weighted by molar-refractivity contribution is -0.133. The van der Waals surface area contributed by atoms with Gasteiger partial charge in [-0.3, -0.25) is 4.90 Å². The van der Waals surface area contributed by atoms with Crippen LogP contribution in [0.3, 0.4) is 0 Å². The summed E-state index contributed by atoms with van der Waals surface area (Å²) in [5, 5.41) is 4.64. The van der Waals surface area contributed by atoms with Crippen molar-refractivity contribution in [3.8, 4) is 5.75 Å². The number of imidazole rings is 1. The lowest BCUT2D eigenvalue weighted by Gasteiger charge is -2.42. The van der Waals surface area contributed by atoms with Crippen molar-refractivity contribution < 1.29 is 18.3 Å². The highest BCUT2D eigenvalue weighted by Gasteiger charge is 2.52. The van der Waals surface area contributed by atoms with E-state index in [0.717, 1.165) is 36.6 Å². The van der Waals surface area contributed by atoms with Crippen LogP contribution in [0.1, 0.15) is 5.69 Å². The largest absolute Gasteiger partial charge is 0.493 e. The first-order valence-electron chi connectivity index (χ1n) is 9.40. The van der Waals surface area contributed by atoms with E-state index in [0.29, 0.717) is 37.3 Å². The molecule has 2 aliphatic rings. The fraction of sp³-hybridized carbons (Fsp3) is 0.400. The molecule has 0 amide bonds. The Morgan fingerprint density at radius 2 is 2.07 bits per heavy atom. The Labute approximate surface area is 171 Å². The summed E-state index contributed by atoms with van der Waals surface area (Å²) in [6, 6.07) is 7.17. The van der Waals surface area contributed by atoms with E-state index in [1.807, 2.05) is 12.3 Å². The van der Waals surface area contributed by atoms with Gasteiger partial charge in [0.1, 0.15) is 10.9 Å². The van der Waals surface area contributed by atoms with Crippen LogP contribution >= 0.6 is 11.6 Å². The fourth-order valence-corrected chi connectivity index (χ4v) is 4.31. The zero-order chi connectivity index (χ0) is 20.0. The van der Waals surface area contributed by atoms with E-state index in [4.69, 9.17) is 21.1 Å². The summed E-state index contributed by atoms with van der Waals surface area (Å²) in [5.74, 6) is -1.22. The summed E-state index contributed by atoms with van der Waals surface area (Å²) in [7, 11) is 0. The van der Waals surface area contributed by atoms with Crippen LogP contribution in [0.4, 0.5) is 8.78 Å². The predicted octanol–water partition coefficient (Wildman–Crippen LogP) is 3.19. The molecule has 29 heavy (non-hydrogen) atoms. The predicted molar refractivity (Wildman–Crippen MR) is 102 cm³/mol. The Morgan fingerprint density at radius 1 is 1.21 bits per heavy atom. The van der Waals surface area contributed by atoms with Crippen LogP contribution in [-0.4, -0.2) is 52.4 Å². The molecular weight excluding hydrogens is 402 g/mol. The first-order chi connectivity index (χ1) is 14.0. The number of aromatic nitrogens is 3. The molecule has 6 nitrogen and oxygen atoms in total. The summed E-state index contributed by atoms with van der Waals surface area (Å²) in [4.78, 5) is 6.93. The van der Waals surface area contributed by atoms with Gasteiger partial charge < -0.3 is 9.47 Å². The lowest BCUT2D eigenvalue weighted by Crippen LogP contribution is -2.50. The molecule has 2 aromatic heterocycles. The number of nitrogens with zero attached hydrogens (tertiary/aromatic N) is 4. The van der Waals surface area contributed by atoms with E-state index in [1.54, 1.807) is 10.6 Å². The number of benzene rings is 1. The van der Waals surface area contributed by atoms with Gasteiger partial charge in [-0.25, -0.2) is 18.3 Å². The molecule has 2 fully saturated rings. The van der Waals surface area contributed by atoms with Crippen LogP contribution in [0.2, 0.25) is 5.15 Å². The number of halogens is 3. The molecule has 0 saturated carbocycles. The van der Waals surface area contributed by atoms with E-state index in [1.165, 1.54) is 6.07 Å². The van der Waals surface area contributed by atoms with Gasteiger partial charge in [0, 0.05) is 37.0 Å². The van der Waals surface area contributed by atoms with Gasteiger partial charge in [-0.2, -0.15) is 5.10 Å². The summed E-state index contributed by atoms with van der Waals surface area (Å²) >= 11 is 5.94. The first-order valence-corrected chi connectivity index (χ1v) is 9.77. The first kappa shape index (κ1) is 18.7. The average molecular weight is 421 g/mol. The number of hydrogen-bond donors (Lipinski definition) is 0. The summed E-state index contributed by atoms with van der Waals surface area (Å²) < 4.78 is 39.5. The highest BCUT2D eigenvalue weighted by molar-refractivity contribution is 6.29. The standard InChI is InChI=1S/C20H19ClF2N4O2/c21-18-3-4-19-24-14(8-27(19)25-18)7-26-6-13(20(10-26)11-28-12-20)9-29-15-1-2-16(22)17(23)5-15/h1-5,8,13H,6-7,9-12H2. The minimum atomic E-state index is -0.905. The van der Waals surface area contributed by atoms with E-state index >= 15 is 0 Å². The molecule has 9 heteroatoms. The third-order valence-corrected chi connectivity index (χ3v) is 5.93. The molecule has 4 heterocycles. The van der Waals surface area contributed by atoms with Gasteiger partial charge in [0.25, 0.3) is 0 Å². The Morgan fingerprint density at radius 3 is 2.83 bits per heavy atom. The number of hydrogen-bond acceptors (Lipinski definition) is 5. The molecule has 2 saturated heterocycles. The van der Waals surface area contributed by atoms with Crippen molar-refractivity contribution in [2.75, 3.05) is 32.9 Å². The summed E-state index contributed by atoms with van der Waals surface area (Å²) in [6.07, 6.45) is 1.89. The molecule has 3 aromatic rings. The van der Waals surface area contributed by atoms with Crippen LogP contribution in [0.5, 0.6) is 5.75 Å². The third-order valence-electron chi connectivity index (χ3n) is 5.73. The van der Waals surface area contributed by atoms with Crippen molar-refractivity contribution >= 4 is 17.2 Å². The molecule has 2 aliphatic heterocycles. The van der Waals surface area contributed by atoms with Crippen molar-refractivity contribution in [1.29, 1.82) is 0 Å². The number of likely N-dealkylation sites (tertiary alicyclic amines) is 1. The smallest absolute Gasteiger partial charge is 0.162 e. The maximum absolute atomic E-state index is 13.4. The second-order valence-corrected chi connectivity index (χ2v) is 8.19. The Balaban J connectivity index is 1.27. The van der Waals surface area contributed by atoms with E-state index < -0.39 is 11.6 Å². The topological polar surface area (TPSA) is 51.9 Å². The van der Waals surface area contributed by atoms with Crippen LogP contribution in [0, 0.1) is 23.0 Å². The maximum Gasteiger partial charge on any atom is 0.162 e. The van der Waals surface area contributed by atoms with Crippen molar-refractivity contribution in [2.24, 2.45) is 11.3 Å². The highest BCUT2D eigenvalue weighted by atomic mass is 35.5. The van der Waals surface area contributed by atoms with Crippen LogP contribution < -0.4 is 4.74 Å². The normalized spacial score (nSPS) is 21.0. The summed E-state index contributed by atoms with van der Waals surface area (Å²) in [5.41, 5.74) is 1.69. The molecule has 0 N–H and O–H groups in total. The van der Waals surface area contributed by atoms with Gasteiger partial charge in [0.2, 0.25) is 0 Å². The molecule has 1 aromatic carbocycles. The lowest BCUT2D eigenvalue weighted by atomic mass is 9.77. The molecular formula is C20H19ClF2N4O2. The third kappa shape index (κ3) is 3.56. The number of rotatable bonds is 5. The SMILES string of the molecule is Fc1ccc(OCC2CN(Cc3cn4nc(Cl)ccc4n3)CC23COC3)cc1F. The van der Waals surface area contributed by atoms with Crippen LogP contribution in [-0.2, 0) is 11.3 Å². The monoisotopic (exact) mass is 420 g/mol. The Bertz CT molecular complexity index is 1060. The number of ether oxygens (including phenoxy) is 2. The minimum absolute atomic E-state index is 0.0271. The molecule has 1 atom stereocenters. The van der Waals surface area contributed by atoms with Gasteiger partial charge in [-0.1, -0.05) is 11.6 Å². The highest BCUT2D eigenvalue weighted by Crippen LogP contribution is 2.43. The van der Waals surface area contributed by atoms with Gasteiger partial charge in [-0.15, -0.1) is 0 Å². The van der Waals surface area contributed by atoms with Crippen molar-refractivity contribution in [1.82, 2.24) is 19.5 Å². The quantitative estimate of drug-likeness (QED) is 0.634. The van der Waals surface area contributed by atoms with Crippen LogP contribution in [0.25, 0.3) is 5.65 Å². The van der Waals surface area contributed by atoms with E-state index in [-0.39, 0.29) is 11.3 Å². The van der Waals surface area contributed by atoms with Gasteiger partial charge in [0.05, 0.1) is 31.7 Å². The Kier molecular flexibility index (Phi) is 4.64. The van der Waals surface area contributed by atoms with Crippen molar-refractivity contribution in [2.45, 2.75) is 6.54 Å². The zero-order valence-corrected chi connectivity index (χ0v) is 16.3. The second-order valence-electron chi connectivity index (χ2n) is 7.80. The average Bonchev–Trinajstić information content (AvgIpc) is 3.23. The van der Waals surface area contributed by atoms with E-state index in [9.17, 15) is 8.78 Å². The van der Waals surface area contributed by atoms with Crippen molar-refractivity contribution in [3.63, 3.8) is 0 Å². The molecule has 5 rings (SSSR count). The Hall–Kier alpha value is -2.29. The zero-order valence-electron chi connectivity index (χ0n) is 15.5. The summed E-state index contributed by atoms with van der Waals surface area (Å²) in [6.45, 7) is 4.16. The molecule has 0 bridgehead atoms. The molecule has 0 radical (unpaired) electrons. The maximum atomic E-state index is 13.4. The van der Waals surface area contributed by atoms with Gasteiger partial charge in [-0.05, 0) is 24.3 Å². The van der Waals surface area contributed by atoms with E-state index in [2.05, 4.69) is 15.0 Å².